The molecule has 0 aliphatic carbocycles. The average molecular weight is 648 g/mol. The van der Waals surface area contributed by atoms with Crippen LogP contribution in [0.1, 0.15) is 0 Å². The molecule has 0 spiro atoms. The van der Waals surface area contributed by atoms with Gasteiger partial charge in [0, 0.05) is 0 Å². The van der Waals surface area contributed by atoms with Crippen LogP contribution in [0.4, 0.5) is 86.8 Å². The van der Waals surface area contributed by atoms with Crippen molar-refractivity contribution in [2.24, 2.45) is 0 Å². The highest BCUT2D eigenvalue weighted by Crippen LogP contribution is 2.68. The molecule has 0 aliphatic rings. The van der Waals surface area contributed by atoms with Gasteiger partial charge in [0.15, 0.2) is 0 Å². The zero-order valence-electron chi connectivity index (χ0n) is 15.3. The number of rotatable bonds is 8. The molecule has 0 saturated heterocycles. The Kier molecular flexibility index (Phi) is 8.34. The summed E-state index contributed by atoms with van der Waals surface area (Å²) in [6.45, 7) is 0. The summed E-state index contributed by atoms with van der Waals surface area (Å²) in [5, 5.41) is 0. The summed E-state index contributed by atoms with van der Waals surface area (Å²) >= 11 is 0. The van der Waals surface area contributed by atoms with Crippen molar-refractivity contribution in [1.82, 2.24) is 0 Å². The van der Waals surface area contributed by atoms with Crippen LogP contribution in [0.25, 0.3) is 0 Å². The molecule has 0 bridgehead atoms. The second-order valence-electron chi connectivity index (χ2n) is 6.03. The van der Waals surface area contributed by atoms with E-state index in [4.69, 9.17) is 0 Å². The summed E-state index contributed by atoms with van der Waals surface area (Å²) in [6, 6.07) is 0. The van der Waals surface area contributed by atoms with Crippen LogP contribution in [0.3, 0.4) is 0 Å². The van der Waals surface area contributed by atoms with Gasteiger partial charge in [-0.05, 0) is 0 Å². The average Bonchev–Trinajstić information content (AvgIpc) is 2.51. The molecule has 0 N–H and O–H groups in total. The van der Waals surface area contributed by atoms with Gasteiger partial charge in [0.1, 0.15) is 0 Å². The van der Waals surface area contributed by atoms with E-state index in [9.17, 15) is 104 Å². The van der Waals surface area contributed by atoms with Gasteiger partial charge in [-0.3, -0.25) is 0 Å². The highest BCUT2D eigenvalue weighted by atomic mass is 32.3. The number of hydrogen-bond donors (Lipinski definition) is 0. The number of halogens is 20. The normalized spacial score (nSPS) is 19.4. The lowest BCUT2D eigenvalue weighted by Crippen LogP contribution is -2.86. The molecule has 2 unspecified atom stereocenters. The van der Waals surface area contributed by atoms with Crippen molar-refractivity contribution < 1.29 is 112 Å². The SMILES string of the molecule is O=S(=O)(F)OC(F)(C(F)(C(F)(F)F)C(F)(F)F)C(OS(=O)(=O)F)(C(F)(F)F)C(F)(F)C(F)(F)C(F)(F)F. The third kappa shape index (κ3) is 5.33. The van der Waals surface area contributed by atoms with E-state index in [1.165, 1.54) is 0 Å². The molecule has 0 fully saturated rings. The Morgan fingerprint density at radius 2 is 0.703 bits per heavy atom. The van der Waals surface area contributed by atoms with Crippen molar-refractivity contribution in [2.75, 3.05) is 0 Å². The molecule has 224 valence electrons. The van der Waals surface area contributed by atoms with Gasteiger partial charge in [0.25, 0.3) is 0 Å². The predicted molar refractivity (Wildman–Crippen MR) is 66.7 cm³/mol. The lowest BCUT2D eigenvalue weighted by Gasteiger charge is -2.51. The maximum absolute atomic E-state index is 15.0. The lowest BCUT2D eigenvalue weighted by atomic mass is 9.74. The third-order valence-electron chi connectivity index (χ3n) is 3.71. The van der Waals surface area contributed by atoms with Gasteiger partial charge in [-0.25, -0.2) is 13.0 Å². The van der Waals surface area contributed by atoms with Crippen LogP contribution in [0.15, 0.2) is 0 Å². The van der Waals surface area contributed by atoms with Gasteiger partial charge >= 0.3 is 74.7 Å². The molecule has 6 nitrogen and oxygen atoms in total. The van der Waals surface area contributed by atoms with E-state index < -0.39 is 74.7 Å². The summed E-state index contributed by atoms with van der Waals surface area (Å²) in [5.74, 6) is -28.2. The zero-order chi connectivity index (χ0) is 30.9. The Morgan fingerprint density at radius 3 is 0.892 bits per heavy atom. The Balaban J connectivity index is 8.99. The molecule has 0 heterocycles. The molecule has 0 saturated carbocycles. The Morgan fingerprint density at radius 1 is 0.405 bits per heavy atom. The molecule has 0 aromatic carbocycles. The molecular formula is C9F20O6S2. The number of hydrogen-bond acceptors (Lipinski definition) is 6. The van der Waals surface area contributed by atoms with Crippen molar-refractivity contribution in [3.8, 4) is 0 Å². The van der Waals surface area contributed by atoms with Crippen molar-refractivity contribution in [2.45, 2.75) is 53.7 Å². The topological polar surface area (TPSA) is 86.7 Å². The molecule has 0 aromatic rings. The first-order valence-electron chi connectivity index (χ1n) is 7.12. The summed E-state index contributed by atoms with van der Waals surface area (Å²) < 4.78 is 308. The highest BCUT2D eigenvalue weighted by Gasteiger charge is 3.02. The quantitative estimate of drug-likeness (QED) is 0.270. The molecular weight excluding hydrogens is 648 g/mol. The summed E-state index contributed by atoms with van der Waals surface area (Å²) in [6.07, 6.45) is -35.4. The first-order valence-corrected chi connectivity index (χ1v) is 9.74. The summed E-state index contributed by atoms with van der Waals surface area (Å²) in [5.41, 5.74) is -19.0. The van der Waals surface area contributed by atoms with Crippen molar-refractivity contribution in [3.05, 3.63) is 0 Å². The molecule has 0 rings (SSSR count). The fourth-order valence-corrected chi connectivity index (χ4v) is 3.40. The van der Waals surface area contributed by atoms with Crippen LogP contribution in [0.5, 0.6) is 0 Å². The van der Waals surface area contributed by atoms with E-state index in [2.05, 4.69) is 0 Å². The second-order valence-corrected chi connectivity index (χ2v) is 7.93. The van der Waals surface area contributed by atoms with Gasteiger partial charge in [-0.1, -0.05) is 7.77 Å². The van der Waals surface area contributed by atoms with Gasteiger partial charge in [-0.15, -0.1) is 0 Å². The molecule has 0 aliphatic heterocycles. The lowest BCUT2D eigenvalue weighted by molar-refractivity contribution is -0.498. The van der Waals surface area contributed by atoms with Crippen LogP contribution in [0, 0.1) is 0 Å². The van der Waals surface area contributed by atoms with Gasteiger partial charge < -0.3 is 0 Å². The van der Waals surface area contributed by atoms with Gasteiger partial charge in [-0.2, -0.15) is 91.3 Å². The fourth-order valence-electron chi connectivity index (χ4n) is 2.28. The minimum atomic E-state index is -9.57. The van der Waals surface area contributed by atoms with Crippen LogP contribution in [-0.2, 0) is 29.4 Å². The van der Waals surface area contributed by atoms with Crippen LogP contribution in [-0.4, -0.2) is 70.5 Å². The van der Waals surface area contributed by atoms with Crippen molar-refractivity contribution in [3.63, 3.8) is 0 Å². The van der Waals surface area contributed by atoms with Gasteiger partial charge in [0.2, 0.25) is 0 Å². The largest absolute Gasteiger partial charge is 0.460 e. The van der Waals surface area contributed by atoms with E-state index >= 15 is 0 Å². The molecule has 0 aromatic heterocycles. The Bertz CT molecular complexity index is 1050. The minimum Gasteiger partial charge on any atom is -0.217 e. The first kappa shape index (κ1) is 35.4. The summed E-state index contributed by atoms with van der Waals surface area (Å²) in [4.78, 5) is 0. The molecule has 2 atom stereocenters. The predicted octanol–water partition coefficient (Wildman–Crippen LogP) is 5.08. The maximum Gasteiger partial charge on any atom is 0.460 e. The van der Waals surface area contributed by atoms with Crippen LogP contribution in [0.2, 0.25) is 0 Å². The van der Waals surface area contributed by atoms with E-state index in [1.54, 1.807) is 0 Å². The van der Waals surface area contributed by atoms with Crippen LogP contribution >= 0.6 is 0 Å². The van der Waals surface area contributed by atoms with E-state index in [-0.39, 0.29) is 0 Å². The minimum absolute atomic E-state index is 1.14. The summed E-state index contributed by atoms with van der Waals surface area (Å²) in [7, 11) is -17.5. The maximum atomic E-state index is 15.0. The fraction of sp³-hybridized carbons (Fsp3) is 1.00. The smallest absolute Gasteiger partial charge is 0.217 e. The van der Waals surface area contributed by atoms with Crippen molar-refractivity contribution >= 4 is 21.0 Å². The monoisotopic (exact) mass is 648 g/mol. The van der Waals surface area contributed by atoms with E-state index in [1.807, 2.05) is 0 Å². The third-order valence-corrected chi connectivity index (χ3v) is 4.59. The molecule has 0 radical (unpaired) electrons. The zero-order valence-corrected chi connectivity index (χ0v) is 17.0. The first-order chi connectivity index (χ1) is 15.4. The molecule has 37 heavy (non-hydrogen) atoms. The second kappa shape index (κ2) is 8.71. The van der Waals surface area contributed by atoms with E-state index in [0.29, 0.717) is 0 Å². The standard InChI is InChI=1S/C9F20O6S2/c10-1(6(16,17)18,7(19,20)21)5(15,35-37(29,32)33)2(8(22,23)24,34-36(28,30)31)3(11,12)4(13,14)9(25,26)27. The van der Waals surface area contributed by atoms with Crippen LogP contribution < -0.4 is 0 Å². The molecule has 0 amide bonds. The van der Waals surface area contributed by atoms with Gasteiger partial charge in [0.05, 0.1) is 0 Å². The molecule has 28 heteroatoms. The number of alkyl halides is 18. The van der Waals surface area contributed by atoms with E-state index in [0.717, 1.165) is 8.37 Å². The Labute approximate surface area is 187 Å². The van der Waals surface area contributed by atoms with Crippen molar-refractivity contribution in [1.29, 1.82) is 0 Å². The highest BCUT2D eigenvalue weighted by molar-refractivity contribution is 7.81. The Hall–Kier alpha value is -1.58.